The first-order valence-corrected chi connectivity index (χ1v) is 6.97. The highest BCUT2D eigenvalue weighted by Gasteiger charge is 2.48. The van der Waals surface area contributed by atoms with E-state index in [4.69, 9.17) is 16.3 Å². The molecule has 0 spiro atoms. The van der Waals surface area contributed by atoms with Gasteiger partial charge in [-0.3, -0.25) is 4.79 Å². The number of nitrogens with zero attached hydrogens (tertiary/aromatic N) is 2. The molecule has 6 nitrogen and oxygen atoms in total. The number of aromatic nitrogens is 2. The molecule has 0 amide bonds. The second kappa shape index (κ2) is 6.11. The van der Waals surface area contributed by atoms with E-state index in [-0.39, 0.29) is 11.1 Å². The molecule has 2 N–H and O–H groups in total. The molecular formula is C13H17ClFN3O3. The lowest BCUT2D eigenvalue weighted by molar-refractivity contribution is -0.162. The van der Waals surface area contributed by atoms with E-state index >= 15 is 0 Å². The van der Waals surface area contributed by atoms with Gasteiger partial charge >= 0.3 is 5.97 Å². The lowest BCUT2D eigenvalue weighted by Gasteiger charge is -2.41. The van der Waals surface area contributed by atoms with E-state index in [2.05, 4.69) is 15.3 Å². The highest BCUT2D eigenvalue weighted by Crippen LogP contribution is 2.38. The number of ether oxygens (including phenoxy) is 1. The van der Waals surface area contributed by atoms with Crippen LogP contribution in [0.1, 0.15) is 26.2 Å². The summed E-state index contributed by atoms with van der Waals surface area (Å²) < 4.78 is 18.4. The fraction of sp³-hybridized carbons (Fsp3) is 0.615. The van der Waals surface area contributed by atoms with Crippen molar-refractivity contribution < 1.29 is 19.0 Å². The van der Waals surface area contributed by atoms with Crippen LogP contribution in [0.15, 0.2) is 6.20 Å². The predicted octanol–water partition coefficient (Wildman–Crippen LogP) is 1.77. The van der Waals surface area contributed by atoms with Crippen LogP contribution >= 0.6 is 11.6 Å². The summed E-state index contributed by atoms with van der Waals surface area (Å²) in [7, 11) is 1.28. The highest BCUT2D eigenvalue weighted by molar-refractivity contribution is 6.28. The lowest BCUT2D eigenvalue weighted by Crippen LogP contribution is -2.53. The van der Waals surface area contributed by atoms with Crippen LogP contribution in [-0.4, -0.2) is 40.3 Å². The molecule has 2 unspecified atom stereocenters. The topological polar surface area (TPSA) is 84.3 Å². The second-order valence-electron chi connectivity index (χ2n) is 5.33. The Morgan fingerprint density at radius 1 is 1.67 bits per heavy atom. The maximum absolute atomic E-state index is 13.6. The summed E-state index contributed by atoms with van der Waals surface area (Å²) >= 11 is 5.63. The first kappa shape index (κ1) is 15.9. The number of nitrogens with one attached hydrogen (secondary N) is 1. The number of anilines is 1. The molecule has 0 aromatic carbocycles. The average Bonchev–Trinajstić information content (AvgIpc) is 2.46. The number of rotatable bonds is 3. The average molecular weight is 318 g/mol. The molecule has 3 atom stereocenters. The SMILES string of the molecule is COC(=O)C1(C)CCCC(Nc2nc(Cl)ncc2F)[C@H]1O. The van der Waals surface area contributed by atoms with E-state index in [0.29, 0.717) is 19.3 Å². The minimum atomic E-state index is -1.03. The number of aliphatic hydroxyl groups excluding tert-OH is 1. The zero-order valence-electron chi connectivity index (χ0n) is 11.8. The van der Waals surface area contributed by atoms with Crippen molar-refractivity contribution in [2.45, 2.75) is 38.3 Å². The number of carbonyl (C=O) groups excluding carboxylic acids is 1. The summed E-state index contributed by atoms with van der Waals surface area (Å²) in [6, 6.07) is -0.525. The highest BCUT2D eigenvalue weighted by atomic mass is 35.5. The molecule has 1 aromatic rings. The van der Waals surface area contributed by atoms with Gasteiger partial charge in [-0.05, 0) is 31.4 Å². The van der Waals surface area contributed by atoms with Gasteiger partial charge in [0.05, 0.1) is 30.9 Å². The Morgan fingerprint density at radius 2 is 2.38 bits per heavy atom. The summed E-state index contributed by atoms with van der Waals surface area (Å²) in [5, 5.41) is 13.2. The van der Waals surface area contributed by atoms with Gasteiger partial charge in [-0.15, -0.1) is 0 Å². The van der Waals surface area contributed by atoms with Crippen molar-refractivity contribution in [3.05, 3.63) is 17.3 Å². The molecule has 1 aliphatic carbocycles. The van der Waals surface area contributed by atoms with Crippen LogP contribution in [-0.2, 0) is 9.53 Å². The molecule has 8 heteroatoms. The van der Waals surface area contributed by atoms with Gasteiger partial charge in [-0.25, -0.2) is 9.37 Å². The Morgan fingerprint density at radius 3 is 3.05 bits per heavy atom. The monoisotopic (exact) mass is 317 g/mol. The van der Waals surface area contributed by atoms with Crippen molar-refractivity contribution in [3.63, 3.8) is 0 Å². The van der Waals surface area contributed by atoms with Crippen molar-refractivity contribution in [1.29, 1.82) is 0 Å². The number of aliphatic hydroxyl groups is 1. The third kappa shape index (κ3) is 3.08. The first-order valence-electron chi connectivity index (χ1n) is 6.59. The van der Waals surface area contributed by atoms with Crippen LogP contribution in [0, 0.1) is 11.2 Å². The molecule has 1 aromatic heterocycles. The Bertz CT molecular complexity index is 545. The lowest BCUT2D eigenvalue weighted by atomic mass is 9.71. The summed E-state index contributed by atoms with van der Waals surface area (Å²) in [5.74, 6) is -1.24. The van der Waals surface area contributed by atoms with Gasteiger partial charge in [0.2, 0.25) is 5.28 Å². The van der Waals surface area contributed by atoms with E-state index in [9.17, 15) is 14.3 Å². The molecular weight excluding hydrogens is 301 g/mol. The second-order valence-corrected chi connectivity index (χ2v) is 5.67. The third-order valence-corrected chi connectivity index (χ3v) is 4.12. The third-order valence-electron chi connectivity index (χ3n) is 3.93. The van der Waals surface area contributed by atoms with E-state index in [1.54, 1.807) is 6.92 Å². The van der Waals surface area contributed by atoms with E-state index in [1.165, 1.54) is 7.11 Å². The Hall–Kier alpha value is -1.47. The number of carbonyl (C=O) groups is 1. The van der Waals surface area contributed by atoms with Crippen LogP contribution in [0.3, 0.4) is 0 Å². The van der Waals surface area contributed by atoms with Crippen molar-refractivity contribution in [2.24, 2.45) is 5.41 Å². The zero-order valence-corrected chi connectivity index (χ0v) is 12.5. The van der Waals surface area contributed by atoms with Gasteiger partial charge in [0.1, 0.15) is 0 Å². The number of hydrogen-bond donors (Lipinski definition) is 2. The number of esters is 1. The van der Waals surface area contributed by atoms with Gasteiger partial charge < -0.3 is 15.2 Å². The molecule has 0 radical (unpaired) electrons. The molecule has 116 valence electrons. The van der Waals surface area contributed by atoms with Crippen LogP contribution < -0.4 is 5.32 Å². The fourth-order valence-electron chi connectivity index (χ4n) is 2.67. The molecule has 0 bridgehead atoms. The number of hydrogen-bond acceptors (Lipinski definition) is 6. The maximum atomic E-state index is 13.6. The van der Waals surface area contributed by atoms with Crippen molar-refractivity contribution in [3.8, 4) is 0 Å². The Kier molecular flexibility index (Phi) is 4.63. The van der Waals surface area contributed by atoms with Crippen LogP contribution in [0.5, 0.6) is 0 Å². The van der Waals surface area contributed by atoms with Crippen LogP contribution in [0.2, 0.25) is 5.28 Å². The van der Waals surface area contributed by atoms with Crippen molar-refractivity contribution in [1.82, 2.24) is 9.97 Å². The smallest absolute Gasteiger partial charge is 0.314 e. The molecule has 1 heterocycles. The minimum absolute atomic E-state index is 0.0897. The molecule has 1 fully saturated rings. The van der Waals surface area contributed by atoms with Crippen molar-refractivity contribution in [2.75, 3.05) is 12.4 Å². The van der Waals surface area contributed by atoms with Crippen molar-refractivity contribution >= 4 is 23.4 Å². The quantitative estimate of drug-likeness (QED) is 0.653. The zero-order chi connectivity index (χ0) is 15.6. The summed E-state index contributed by atoms with van der Waals surface area (Å²) in [5.41, 5.74) is -1.03. The summed E-state index contributed by atoms with van der Waals surface area (Å²) in [4.78, 5) is 19.2. The van der Waals surface area contributed by atoms with Gasteiger partial charge in [0, 0.05) is 0 Å². The molecule has 21 heavy (non-hydrogen) atoms. The van der Waals surface area contributed by atoms with Gasteiger partial charge in [-0.1, -0.05) is 6.42 Å². The summed E-state index contributed by atoms with van der Waals surface area (Å²) in [6.07, 6.45) is 1.71. The van der Waals surface area contributed by atoms with Gasteiger partial charge in [0.15, 0.2) is 11.6 Å². The van der Waals surface area contributed by atoms with E-state index in [0.717, 1.165) is 6.20 Å². The van der Waals surface area contributed by atoms with Crippen LogP contribution in [0.25, 0.3) is 0 Å². The molecule has 0 saturated heterocycles. The first-order chi connectivity index (χ1) is 9.88. The maximum Gasteiger partial charge on any atom is 0.314 e. The minimum Gasteiger partial charge on any atom is -0.469 e. The largest absolute Gasteiger partial charge is 0.469 e. The fourth-order valence-corrected chi connectivity index (χ4v) is 2.80. The molecule has 1 aliphatic rings. The van der Waals surface area contributed by atoms with E-state index < -0.39 is 29.3 Å². The molecule has 2 rings (SSSR count). The molecule has 1 saturated carbocycles. The van der Waals surface area contributed by atoms with Gasteiger partial charge in [0.25, 0.3) is 0 Å². The van der Waals surface area contributed by atoms with Crippen LogP contribution in [0.4, 0.5) is 10.2 Å². The van der Waals surface area contributed by atoms with E-state index in [1.807, 2.05) is 0 Å². The Balaban J connectivity index is 2.20. The standard InChI is InChI=1S/C13H17ClFN3O3/c1-13(11(20)21-2)5-3-4-8(9(13)19)17-10-7(15)6-16-12(14)18-10/h6,8-9,19H,3-5H2,1-2H3,(H,16,17,18)/t8?,9-,13?/m1/s1. The summed E-state index contributed by atoms with van der Waals surface area (Å²) in [6.45, 7) is 1.64. The van der Waals surface area contributed by atoms with Gasteiger partial charge in [-0.2, -0.15) is 4.98 Å². The number of methoxy groups -OCH3 is 1. The normalized spacial score (nSPS) is 29.0. The molecule has 0 aliphatic heterocycles. The number of halogens is 2. The Labute approximate surface area is 126 Å². The predicted molar refractivity (Wildman–Crippen MR) is 74.4 cm³/mol.